The fraction of sp³-hybridized carbons (Fsp3) is 0.273. The van der Waals surface area contributed by atoms with E-state index in [1.165, 1.54) is 11.8 Å². The number of hydrogen-bond donors (Lipinski definition) is 1. The van der Waals surface area contributed by atoms with Crippen LogP contribution in [0.2, 0.25) is 0 Å². The van der Waals surface area contributed by atoms with Crippen molar-refractivity contribution in [3.8, 4) is 17.5 Å². The van der Waals surface area contributed by atoms with Gasteiger partial charge in [0.1, 0.15) is 0 Å². The summed E-state index contributed by atoms with van der Waals surface area (Å²) in [5.74, 6) is 2.64. The lowest BCUT2D eigenvalue weighted by molar-refractivity contribution is -0.118. The number of rotatable bonds is 10. The molecule has 2 aromatic carbocycles. The predicted molar refractivity (Wildman–Crippen MR) is 122 cm³/mol. The van der Waals surface area contributed by atoms with Gasteiger partial charge in [-0.15, -0.1) is 10.2 Å². The molecule has 0 bridgehead atoms. The summed E-state index contributed by atoms with van der Waals surface area (Å²) in [6.07, 6.45) is 0. The molecule has 154 valence electrons. The minimum Gasteiger partial charge on any atom is -0.355 e. The third kappa shape index (κ3) is 5.88. The van der Waals surface area contributed by atoms with E-state index in [1.54, 1.807) is 11.8 Å². The van der Waals surface area contributed by atoms with Crippen molar-refractivity contribution in [1.29, 1.82) is 5.26 Å². The molecule has 0 aliphatic rings. The molecule has 0 saturated heterocycles. The van der Waals surface area contributed by atoms with E-state index in [1.807, 2.05) is 66.1 Å². The highest BCUT2D eigenvalue weighted by molar-refractivity contribution is 7.99. The molecule has 0 unspecified atom stereocenters. The lowest BCUT2D eigenvalue weighted by Crippen LogP contribution is -2.27. The highest BCUT2D eigenvalue weighted by Gasteiger charge is 2.14. The minimum atomic E-state index is -0.0232. The SMILES string of the molecule is CCn1c(SCC(=O)NCCSCc2ccccc2C#N)nnc1-c1ccccc1. The van der Waals surface area contributed by atoms with E-state index in [0.717, 1.165) is 40.2 Å². The average Bonchev–Trinajstić information content (AvgIpc) is 3.21. The van der Waals surface area contributed by atoms with Gasteiger partial charge in [-0.3, -0.25) is 4.79 Å². The quantitative estimate of drug-likeness (QED) is 0.382. The molecule has 0 spiro atoms. The second-order valence-electron chi connectivity index (χ2n) is 6.38. The molecule has 3 rings (SSSR count). The Morgan fingerprint density at radius 2 is 1.90 bits per heavy atom. The van der Waals surface area contributed by atoms with Crippen molar-refractivity contribution >= 4 is 29.4 Å². The number of aromatic nitrogens is 3. The van der Waals surface area contributed by atoms with Gasteiger partial charge in [0.2, 0.25) is 5.91 Å². The number of benzene rings is 2. The van der Waals surface area contributed by atoms with Crippen molar-refractivity contribution in [3.63, 3.8) is 0 Å². The number of nitrogens with one attached hydrogen (secondary N) is 1. The van der Waals surface area contributed by atoms with Gasteiger partial charge < -0.3 is 9.88 Å². The zero-order valence-corrected chi connectivity index (χ0v) is 18.4. The lowest BCUT2D eigenvalue weighted by atomic mass is 10.1. The first-order valence-corrected chi connectivity index (χ1v) is 11.8. The van der Waals surface area contributed by atoms with Crippen molar-refractivity contribution in [2.24, 2.45) is 0 Å². The Balaban J connectivity index is 1.42. The van der Waals surface area contributed by atoms with E-state index < -0.39 is 0 Å². The molecule has 1 heterocycles. The topological polar surface area (TPSA) is 83.6 Å². The van der Waals surface area contributed by atoms with Gasteiger partial charge >= 0.3 is 0 Å². The van der Waals surface area contributed by atoms with E-state index in [2.05, 4.69) is 21.6 Å². The molecule has 0 atom stereocenters. The van der Waals surface area contributed by atoms with Gasteiger partial charge in [-0.05, 0) is 18.6 Å². The molecule has 30 heavy (non-hydrogen) atoms. The summed E-state index contributed by atoms with van der Waals surface area (Å²) in [5, 5.41) is 21.4. The predicted octanol–water partition coefficient (Wildman–Crippen LogP) is 3.98. The Bertz CT molecular complexity index is 1010. The van der Waals surface area contributed by atoms with Crippen LogP contribution < -0.4 is 5.32 Å². The molecule has 0 aliphatic heterocycles. The monoisotopic (exact) mass is 437 g/mol. The summed E-state index contributed by atoms with van der Waals surface area (Å²) < 4.78 is 2.02. The summed E-state index contributed by atoms with van der Waals surface area (Å²) in [6, 6.07) is 19.7. The first-order valence-electron chi connectivity index (χ1n) is 9.66. The number of amides is 1. The second kappa shape index (κ2) is 11.4. The minimum absolute atomic E-state index is 0.0232. The van der Waals surface area contributed by atoms with Gasteiger partial charge in [-0.25, -0.2) is 0 Å². The van der Waals surface area contributed by atoms with Crippen LogP contribution in [0.3, 0.4) is 0 Å². The Hall–Kier alpha value is -2.76. The Labute approximate surface area is 185 Å². The van der Waals surface area contributed by atoms with Crippen LogP contribution in [0.4, 0.5) is 0 Å². The molecule has 3 aromatic rings. The standard InChI is InChI=1S/C22H23N5OS2/c1-2-27-21(17-8-4-3-5-9-17)25-26-22(27)30-16-20(28)24-12-13-29-15-19-11-7-6-10-18(19)14-23/h3-11H,2,12-13,15-16H2,1H3,(H,24,28). The Morgan fingerprint density at radius 1 is 1.13 bits per heavy atom. The Morgan fingerprint density at radius 3 is 2.67 bits per heavy atom. The maximum atomic E-state index is 12.2. The Kier molecular flexibility index (Phi) is 8.36. The van der Waals surface area contributed by atoms with Crippen LogP contribution in [-0.4, -0.2) is 38.7 Å². The third-order valence-corrected chi connectivity index (χ3v) is 6.34. The molecular weight excluding hydrogens is 414 g/mol. The summed E-state index contributed by atoms with van der Waals surface area (Å²) in [6.45, 7) is 3.37. The average molecular weight is 438 g/mol. The fourth-order valence-corrected chi connectivity index (χ4v) is 4.56. The molecule has 1 aromatic heterocycles. The summed E-state index contributed by atoms with van der Waals surface area (Å²) in [4.78, 5) is 12.2. The second-order valence-corrected chi connectivity index (χ2v) is 8.42. The molecule has 1 amide bonds. The number of carbonyl (C=O) groups is 1. The summed E-state index contributed by atoms with van der Waals surface area (Å²) in [5.41, 5.74) is 2.75. The van der Waals surface area contributed by atoms with Crippen molar-refractivity contribution < 1.29 is 4.79 Å². The van der Waals surface area contributed by atoms with Gasteiger partial charge in [0.05, 0.1) is 17.4 Å². The molecule has 0 fully saturated rings. The van der Waals surface area contributed by atoms with Crippen LogP contribution in [-0.2, 0) is 17.1 Å². The maximum Gasteiger partial charge on any atom is 0.230 e. The first-order chi connectivity index (χ1) is 14.7. The van der Waals surface area contributed by atoms with E-state index in [-0.39, 0.29) is 5.91 Å². The van der Waals surface area contributed by atoms with E-state index in [9.17, 15) is 4.79 Å². The fourth-order valence-electron chi connectivity index (χ4n) is 2.86. The van der Waals surface area contributed by atoms with Gasteiger partial charge in [-0.2, -0.15) is 17.0 Å². The highest BCUT2D eigenvalue weighted by Crippen LogP contribution is 2.23. The highest BCUT2D eigenvalue weighted by atomic mass is 32.2. The van der Waals surface area contributed by atoms with E-state index in [0.29, 0.717) is 17.9 Å². The number of nitrogens with zero attached hydrogens (tertiary/aromatic N) is 4. The van der Waals surface area contributed by atoms with Gasteiger partial charge in [0, 0.05) is 30.2 Å². The van der Waals surface area contributed by atoms with E-state index >= 15 is 0 Å². The molecule has 0 radical (unpaired) electrons. The van der Waals surface area contributed by atoms with Crippen molar-refractivity contribution in [2.75, 3.05) is 18.1 Å². The molecule has 0 saturated carbocycles. The molecule has 1 N–H and O–H groups in total. The first kappa shape index (κ1) is 21.9. The molecule has 8 heteroatoms. The van der Waals surface area contributed by atoms with E-state index in [4.69, 9.17) is 5.26 Å². The van der Waals surface area contributed by atoms with Gasteiger partial charge in [0.15, 0.2) is 11.0 Å². The lowest BCUT2D eigenvalue weighted by Gasteiger charge is -2.08. The zero-order valence-electron chi connectivity index (χ0n) is 16.7. The smallest absolute Gasteiger partial charge is 0.230 e. The number of nitriles is 1. The van der Waals surface area contributed by atoms with Crippen LogP contribution >= 0.6 is 23.5 Å². The zero-order chi connectivity index (χ0) is 21.2. The van der Waals surface area contributed by atoms with Crippen molar-refractivity contribution in [1.82, 2.24) is 20.1 Å². The van der Waals surface area contributed by atoms with Crippen LogP contribution in [0.15, 0.2) is 59.8 Å². The van der Waals surface area contributed by atoms with Crippen LogP contribution in [0.1, 0.15) is 18.1 Å². The molecule has 6 nitrogen and oxygen atoms in total. The largest absolute Gasteiger partial charge is 0.355 e. The van der Waals surface area contributed by atoms with Crippen molar-refractivity contribution in [2.45, 2.75) is 24.4 Å². The number of carbonyl (C=O) groups excluding carboxylic acids is 1. The van der Waals surface area contributed by atoms with Gasteiger partial charge in [0.25, 0.3) is 0 Å². The van der Waals surface area contributed by atoms with Crippen LogP contribution in [0, 0.1) is 11.3 Å². The number of thioether (sulfide) groups is 2. The van der Waals surface area contributed by atoms with Crippen LogP contribution in [0.25, 0.3) is 11.4 Å². The number of hydrogen-bond acceptors (Lipinski definition) is 6. The summed E-state index contributed by atoms with van der Waals surface area (Å²) >= 11 is 3.10. The summed E-state index contributed by atoms with van der Waals surface area (Å²) in [7, 11) is 0. The molecular formula is C22H23N5OS2. The normalized spacial score (nSPS) is 10.5. The van der Waals surface area contributed by atoms with Crippen molar-refractivity contribution in [3.05, 3.63) is 65.7 Å². The third-order valence-electron chi connectivity index (χ3n) is 4.36. The van der Waals surface area contributed by atoms with Gasteiger partial charge in [-0.1, -0.05) is 60.3 Å². The maximum absolute atomic E-state index is 12.2. The molecule has 0 aliphatic carbocycles. The van der Waals surface area contributed by atoms with Crippen LogP contribution in [0.5, 0.6) is 0 Å².